The van der Waals surface area contributed by atoms with Crippen molar-refractivity contribution in [3.8, 4) is 0 Å². The Morgan fingerprint density at radius 1 is 1.05 bits per heavy atom. The lowest BCUT2D eigenvalue weighted by atomic mass is 9.89. The summed E-state index contributed by atoms with van der Waals surface area (Å²) in [6, 6.07) is 0.752. The molecule has 1 aliphatic heterocycles. The molecule has 112 valence electrons. The molecule has 2 aliphatic rings. The lowest BCUT2D eigenvalue weighted by Crippen LogP contribution is -2.63. The highest BCUT2D eigenvalue weighted by atomic mass is 15.3. The fourth-order valence-electron chi connectivity index (χ4n) is 4.10. The van der Waals surface area contributed by atoms with E-state index in [1.807, 2.05) is 0 Å². The molecule has 0 aromatic heterocycles. The zero-order valence-corrected chi connectivity index (χ0v) is 13.2. The molecule has 1 spiro atoms. The third-order valence-electron chi connectivity index (χ3n) is 5.28. The van der Waals surface area contributed by atoms with Gasteiger partial charge in [0.05, 0.1) is 0 Å². The van der Waals surface area contributed by atoms with Gasteiger partial charge in [0.2, 0.25) is 0 Å². The van der Waals surface area contributed by atoms with Gasteiger partial charge < -0.3 is 5.32 Å². The van der Waals surface area contributed by atoms with Crippen molar-refractivity contribution in [2.24, 2.45) is 0 Å². The van der Waals surface area contributed by atoms with Gasteiger partial charge in [-0.15, -0.1) is 0 Å². The number of hydrogen-bond acceptors (Lipinski definition) is 2. The van der Waals surface area contributed by atoms with Crippen LogP contribution in [0.1, 0.15) is 78.1 Å². The summed E-state index contributed by atoms with van der Waals surface area (Å²) in [6.45, 7) is 8.53. The van der Waals surface area contributed by atoms with Gasteiger partial charge in [-0.1, -0.05) is 52.4 Å². The minimum Gasteiger partial charge on any atom is -0.311 e. The van der Waals surface area contributed by atoms with Gasteiger partial charge in [-0.05, 0) is 32.2 Å². The van der Waals surface area contributed by atoms with Gasteiger partial charge in [0.1, 0.15) is 0 Å². The van der Waals surface area contributed by atoms with Crippen LogP contribution in [0, 0.1) is 0 Å². The molecule has 1 saturated heterocycles. The maximum Gasteiger partial charge on any atom is 0.0334 e. The van der Waals surface area contributed by atoms with Crippen molar-refractivity contribution >= 4 is 0 Å². The van der Waals surface area contributed by atoms with Crippen molar-refractivity contribution in [3.63, 3.8) is 0 Å². The number of hydrogen-bond donors (Lipinski definition) is 1. The summed E-state index contributed by atoms with van der Waals surface area (Å²) in [7, 11) is 0. The highest BCUT2D eigenvalue weighted by molar-refractivity contribution is 5.01. The molecule has 2 fully saturated rings. The largest absolute Gasteiger partial charge is 0.311 e. The summed E-state index contributed by atoms with van der Waals surface area (Å²) < 4.78 is 0. The number of nitrogens with one attached hydrogen (secondary N) is 1. The molecule has 0 bridgehead atoms. The van der Waals surface area contributed by atoms with Crippen LogP contribution in [0.2, 0.25) is 0 Å². The molecular formula is C17H34N2. The van der Waals surface area contributed by atoms with Crippen LogP contribution < -0.4 is 5.32 Å². The molecule has 1 N–H and O–H groups in total. The molecule has 2 nitrogen and oxygen atoms in total. The van der Waals surface area contributed by atoms with E-state index in [0.29, 0.717) is 5.54 Å². The number of unbranched alkanes of at least 4 members (excludes halogenated alkanes) is 3. The average molecular weight is 266 g/mol. The Balaban J connectivity index is 1.87. The average Bonchev–Trinajstić information content (AvgIpc) is 2.88. The van der Waals surface area contributed by atoms with Crippen LogP contribution in [0.4, 0.5) is 0 Å². The molecule has 0 aromatic rings. The molecule has 1 heterocycles. The minimum absolute atomic E-state index is 0.538. The summed E-state index contributed by atoms with van der Waals surface area (Å²) >= 11 is 0. The Labute approximate surface area is 120 Å². The fraction of sp³-hybridized carbons (Fsp3) is 1.00. The van der Waals surface area contributed by atoms with Crippen LogP contribution in [-0.2, 0) is 0 Å². The predicted molar refractivity (Wildman–Crippen MR) is 83.6 cm³/mol. The van der Waals surface area contributed by atoms with Crippen molar-refractivity contribution in [2.45, 2.75) is 89.6 Å². The van der Waals surface area contributed by atoms with E-state index in [1.54, 1.807) is 0 Å². The normalized spacial score (nSPS) is 27.2. The maximum absolute atomic E-state index is 3.84. The predicted octanol–water partition coefficient (Wildman–Crippen LogP) is 3.95. The van der Waals surface area contributed by atoms with Crippen molar-refractivity contribution in [1.29, 1.82) is 0 Å². The van der Waals surface area contributed by atoms with Crippen LogP contribution in [0.3, 0.4) is 0 Å². The third kappa shape index (κ3) is 3.95. The van der Waals surface area contributed by atoms with E-state index in [1.165, 1.54) is 83.8 Å². The number of nitrogens with zero attached hydrogens (tertiary/aromatic N) is 1. The van der Waals surface area contributed by atoms with E-state index < -0.39 is 0 Å². The van der Waals surface area contributed by atoms with E-state index in [-0.39, 0.29) is 0 Å². The van der Waals surface area contributed by atoms with Crippen LogP contribution in [0.25, 0.3) is 0 Å². The van der Waals surface area contributed by atoms with Crippen LogP contribution in [0.5, 0.6) is 0 Å². The molecule has 0 radical (unpaired) electrons. The van der Waals surface area contributed by atoms with Gasteiger partial charge in [0.15, 0.2) is 0 Å². The fourth-order valence-corrected chi connectivity index (χ4v) is 4.10. The first-order valence-corrected chi connectivity index (χ1v) is 8.79. The van der Waals surface area contributed by atoms with Gasteiger partial charge in [-0.3, -0.25) is 4.90 Å². The minimum atomic E-state index is 0.538. The summed E-state index contributed by atoms with van der Waals surface area (Å²) in [6.07, 6.45) is 14.0. The van der Waals surface area contributed by atoms with E-state index in [9.17, 15) is 0 Å². The molecule has 1 unspecified atom stereocenters. The van der Waals surface area contributed by atoms with Crippen molar-refractivity contribution in [1.82, 2.24) is 10.2 Å². The topological polar surface area (TPSA) is 15.3 Å². The van der Waals surface area contributed by atoms with Crippen LogP contribution >= 0.6 is 0 Å². The Kier molecular flexibility index (Phi) is 6.15. The zero-order valence-electron chi connectivity index (χ0n) is 13.2. The van der Waals surface area contributed by atoms with Gasteiger partial charge in [-0.2, -0.15) is 0 Å². The molecule has 1 aliphatic carbocycles. The van der Waals surface area contributed by atoms with Gasteiger partial charge in [0.25, 0.3) is 0 Å². The quantitative estimate of drug-likeness (QED) is 0.702. The van der Waals surface area contributed by atoms with Gasteiger partial charge in [0, 0.05) is 24.7 Å². The van der Waals surface area contributed by atoms with Crippen molar-refractivity contribution in [2.75, 3.05) is 19.6 Å². The maximum atomic E-state index is 3.84. The Bertz CT molecular complexity index is 246. The second-order valence-electron chi connectivity index (χ2n) is 6.80. The smallest absolute Gasteiger partial charge is 0.0334 e. The summed E-state index contributed by atoms with van der Waals surface area (Å²) in [5, 5.41) is 3.84. The SMILES string of the molecule is CCCCCCN1CC(CCC)NCC12CCCC2. The van der Waals surface area contributed by atoms with Crippen LogP contribution in [-0.4, -0.2) is 36.1 Å². The molecule has 2 heteroatoms. The second kappa shape index (κ2) is 7.64. The summed E-state index contributed by atoms with van der Waals surface area (Å²) in [5.41, 5.74) is 0.538. The first-order valence-electron chi connectivity index (χ1n) is 8.79. The molecule has 0 aromatic carbocycles. The Morgan fingerprint density at radius 3 is 2.53 bits per heavy atom. The first-order chi connectivity index (χ1) is 9.30. The molecular weight excluding hydrogens is 232 g/mol. The van der Waals surface area contributed by atoms with E-state index in [2.05, 4.69) is 24.1 Å². The molecule has 0 amide bonds. The Hall–Kier alpha value is -0.0800. The van der Waals surface area contributed by atoms with Crippen LogP contribution in [0.15, 0.2) is 0 Å². The number of rotatable bonds is 7. The molecule has 1 saturated carbocycles. The van der Waals surface area contributed by atoms with E-state index in [4.69, 9.17) is 0 Å². The lowest BCUT2D eigenvalue weighted by molar-refractivity contribution is 0.0395. The third-order valence-corrected chi connectivity index (χ3v) is 5.28. The summed E-state index contributed by atoms with van der Waals surface area (Å²) in [5.74, 6) is 0. The van der Waals surface area contributed by atoms with Crippen molar-refractivity contribution < 1.29 is 0 Å². The molecule has 1 atom stereocenters. The van der Waals surface area contributed by atoms with Gasteiger partial charge >= 0.3 is 0 Å². The molecule has 2 rings (SSSR count). The van der Waals surface area contributed by atoms with Crippen molar-refractivity contribution in [3.05, 3.63) is 0 Å². The Morgan fingerprint density at radius 2 is 1.84 bits per heavy atom. The van der Waals surface area contributed by atoms with E-state index >= 15 is 0 Å². The monoisotopic (exact) mass is 266 g/mol. The highest BCUT2D eigenvalue weighted by Gasteiger charge is 2.42. The van der Waals surface area contributed by atoms with Gasteiger partial charge in [-0.25, -0.2) is 0 Å². The highest BCUT2D eigenvalue weighted by Crippen LogP contribution is 2.37. The standard InChI is InChI=1S/C17H34N2/c1-3-5-6-9-13-19-14-16(10-4-2)18-15-17(19)11-7-8-12-17/h16,18H,3-15H2,1-2H3. The summed E-state index contributed by atoms with van der Waals surface area (Å²) in [4.78, 5) is 2.88. The first kappa shape index (κ1) is 15.3. The lowest BCUT2D eigenvalue weighted by Gasteiger charge is -2.48. The molecule has 19 heavy (non-hydrogen) atoms. The zero-order chi connectivity index (χ0) is 13.6. The van der Waals surface area contributed by atoms with E-state index in [0.717, 1.165) is 6.04 Å². The number of piperazine rings is 1. The second-order valence-corrected chi connectivity index (χ2v) is 6.80.